The summed E-state index contributed by atoms with van der Waals surface area (Å²) >= 11 is 0. The van der Waals surface area contributed by atoms with Crippen molar-refractivity contribution < 1.29 is 14.3 Å². The number of β-amino-alcohol motifs (C(OH)–C–C–N with tert-alkyl or cyclic N) is 1. The summed E-state index contributed by atoms with van der Waals surface area (Å²) in [4.78, 5) is 24.7. The largest absolute Gasteiger partial charge is 0.389 e. The van der Waals surface area contributed by atoms with Gasteiger partial charge in [-0.25, -0.2) is 9.37 Å². The molecule has 32 heavy (non-hydrogen) atoms. The number of H-pyrrole nitrogens is 1. The maximum Gasteiger partial charge on any atom is 0.226 e. The third kappa shape index (κ3) is 2.95. The van der Waals surface area contributed by atoms with Crippen LogP contribution in [0.15, 0.2) is 36.5 Å². The normalized spacial score (nSPS) is 20.6. The number of nitrogens with one attached hydrogen (secondary N) is 1. The van der Waals surface area contributed by atoms with Crippen molar-refractivity contribution in [3.8, 4) is 11.1 Å². The molecule has 1 aliphatic carbocycles. The van der Waals surface area contributed by atoms with E-state index in [9.17, 15) is 14.3 Å². The summed E-state index contributed by atoms with van der Waals surface area (Å²) in [6.45, 7) is 1.61. The highest BCUT2D eigenvalue weighted by Crippen LogP contribution is 2.44. The van der Waals surface area contributed by atoms with Crippen LogP contribution in [0, 0.1) is 11.7 Å². The molecule has 2 N–H and O–H groups in total. The first-order valence-corrected chi connectivity index (χ1v) is 11.2. The second-order valence-corrected chi connectivity index (χ2v) is 9.18. The number of allylic oxidation sites excluding steroid dienone is 2. The van der Waals surface area contributed by atoms with Crippen molar-refractivity contribution in [3.05, 3.63) is 53.6 Å². The minimum atomic E-state index is -0.367. The molecule has 0 radical (unpaired) electrons. The Morgan fingerprint density at radius 1 is 1.25 bits per heavy atom. The number of carbonyl (C=O) groups is 1. The van der Waals surface area contributed by atoms with E-state index in [2.05, 4.69) is 20.9 Å². The number of halogens is 1. The zero-order valence-corrected chi connectivity index (χ0v) is 17.9. The monoisotopic (exact) mass is 432 g/mol. The number of rotatable bonds is 2. The van der Waals surface area contributed by atoms with Crippen LogP contribution in [0.5, 0.6) is 0 Å². The van der Waals surface area contributed by atoms with Gasteiger partial charge in [-0.3, -0.25) is 4.79 Å². The third-order valence-electron chi connectivity index (χ3n) is 7.11. The summed E-state index contributed by atoms with van der Waals surface area (Å²) in [7, 11) is 2.03. The molecule has 3 aliphatic rings. The first kappa shape index (κ1) is 19.5. The van der Waals surface area contributed by atoms with E-state index in [1.165, 1.54) is 17.2 Å². The first-order chi connectivity index (χ1) is 15.5. The number of likely N-dealkylation sites (tertiary alicyclic amines) is 1. The van der Waals surface area contributed by atoms with Gasteiger partial charge in [0, 0.05) is 66.7 Å². The zero-order valence-electron chi connectivity index (χ0n) is 17.9. The van der Waals surface area contributed by atoms with Crippen LogP contribution in [0.25, 0.3) is 27.7 Å². The summed E-state index contributed by atoms with van der Waals surface area (Å²) in [6.07, 6.45) is 5.90. The second kappa shape index (κ2) is 7.17. The van der Waals surface area contributed by atoms with Gasteiger partial charge in [0.15, 0.2) is 0 Å². The van der Waals surface area contributed by atoms with Crippen LogP contribution in [0.2, 0.25) is 0 Å². The smallest absolute Gasteiger partial charge is 0.226 e. The van der Waals surface area contributed by atoms with Gasteiger partial charge in [-0.15, -0.1) is 0 Å². The SMILES string of the molecule is CN1Cc2c(C3=CCC(C(=O)N4CC(O)C4)CC3)[nH]c3nccc(c23)-c2cc(F)ccc21. The highest BCUT2D eigenvalue weighted by atomic mass is 19.1. The average Bonchev–Trinajstić information content (AvgIpc) is 3.09. The minimum Gasteiger partial charge on any atom is -0.389 e. The Kier molecular flexibility index (Phi) is 4.37. The lowest BCUT2D eigenvalue weighted by Crippen LogP contribution is -2.55. The van der Waals surface area contributed by atoms with E-state index in [0.717, 1.165) is 46.4 Å². The Hall–Kier alpha value is -3.19. The summed E-state index contributed by atoms with van der Waals surface area (Å²) in [5, 5.41) is 10.5. The molecule has 4 heterocycles. The molecule has 3 aromatic rings. The summed E-state index contributed by atoms with van der Waals surface area (Å²) < 4.78 is 14.1. The fraction of sp³-hybridized carbons (Fsp3) is 0.360. The molecule has 1 saturated heterocycles. The van der Waals surface area contributed by atoms with Gasteiger partial charge in [0.05, 0.1) is 6.10 Å². The fourth-order valence-electron chi connectivity index (χ4n) is 5.40. The molecule has 164 valence electrons. The summed E-state index contributed by atoms with van der Waals surface area (Å²) in [5.74, 6) is -0.110. The van der Waals surface area contributed by atoms with Crippen molar-refractivity contribution in [2.75, 3.05) is 25.0 Å². The zero-order chi connectivity index (χ0) is 22.0. The third-order valence-corrected chi connectivity index (χ3v) is 7.11. The predicted octanol–water partition coefficient (Wildman–Crippen LogP) is 3.71. The predicted molar refractivity (Wildman–Crippen MR) is 121 cm³/mol. The van der Waals surface area contributed by atoms with E-state index < -0.39 is 0 Å². The second-order valence-electron chi connectivity index (χ2n) is 9.18. The number of hydrogen-bond donors (Lipinski definition) is 2. The molecule has 1 unspecified atom stereocenters. The minimum absolute atomic E-state index is 0.0154. The molecule has 6 nitrogen and oxygen atoms in total. The number of benzene rings is 1. The van der Waals surface area contributed by atoms with E-state index >= 15 is 0 Å². The molecule has 6 rings (SSSR count). The number of aromatic nitrogens is 2. The molecule has 0 bridgehead atoms. The number of aliphatic hydroxyl groups is 1. The number of pyridine rings is 1. The molecule has 1 atom stereocenters. The van der Waals surface area contributed by atoms with Crippen LogP contribution in [0.4, 0.5) is 10.1 Å². The molecule has 0 spiro atoms. The van der Waals surface area contributed by atoms with E-state index in [0.29, 0.717) is 26.1 Å². The molecule has 7 heteroatoms. The van der Waals surface area contributed by atoms with Crippen LogP contribution in [-0.2, 0) is 11.3 Å². The average molecular weight is 432 g/mol. The van der Waals surface area contributed by atoms with Crippen LogP contribution < -0.4 is 4.90 Å². The van der Waals surface area contributed by atoms with Gasteiger partial charge in [0.25, 0.3) is 0 Å². The Morgan fingerprint density at radius 3 is 2.84 bits per heavy atom. The molecular formula is C25H25FN4O2. The molecular weight excluding hydrogens is 407 g/mol. The molecule has 1 fully saturated rings. The van der Waals surface area contributed by atoms with E-state index in [1.807, 2.05) is 19.2 Å². The molecule has 1 amide bonds. The number of hydrogen-bond acceptors (Lipinski definition) is 4. The van der Waals surface area contributed by atoms with Gasteiger partial charge < -0.3 is 19.9 Å². The number of anilines is 1. The molecule has 0 saturated carbocycles. The highest BCUT2D eigenvalue weighted by molar-refractivity contribution is 6.02. The first-order valence-electron chi connectivity index (χ1n) is 11.2. The maximum absolute atomic E-state index is 14.1. The number of amides is 1. The number of carbonyl (C=O) groups excluding carboxylic acids is 1. The van der Waals surface area contributed by atoms with Crippen molar-refractivity contribution in [3.63, 3.8) is 0 Å². The lowest BCUT2D eigenvalue weighted by atomic mass is 9.85. The number of aromatic amines is 1. The quantitative estimate of drug-likeness (QED) is 0.648. The fourth-order valence-corrected chi connectivity index (χ4v) is 5.40. The van der Waals surface area contributed by atoms with Crippen molar-refractivity contribution >= 4 is 28.2 Å². The van der Waals surface area contributed by atoms with Gasteiger partial charge in [-0.05, 0) is 54.7 Å². The number of fused-ring (bicyclic) bond motifs is 2. The van der Waals surface area contributed by atoms with Crippen molar-refractivity contribution in [1.82, 2.24) is 14.9 Å². The summed E-state index contributed by atoms with van der Waals surface area (Å²) in [6, 6.07) is 6.92. The number of nitrogens with zero attached hydrogens (tertiary/aromatic N) is 3. The van der Waals surface area contributed by atoms with Gasteiger partial charge in [0.1, 0.15) is 11.5 Å². The van der Waals surface area contributed by atoms with Crippen LogP contribution in [-0.4, -0.2) is 52.1 Å². The Morgan fingerprint density at radius 2 is 2.09 bits per heavy atom. The van der Waals surface area contributed by atoms with Crippen molar-refractivity contribution in [2.45, 2.75) is 31.9 Å². The van der Waals surface area contributed by atoms with Crippen LogP contribution >= 0.6 is 0 Å². The summed E-state index contributed by atoms with van der Waals surface area (Å²) in [5.41, 5.74) is 7.14. The van der Waals surface area contributed by atoms with Crippen LogP contribution in [0.1, 0.15) is 30.5 Å². The van der Waals surface area contributed by atoms with E-state index in [1.54, 1.807) is 17.2 Å². The van der Waals surface area contributed by atoms with E-state index in [4.69, 9.17) is 0 Å². The Labute approximate surface area is 185 Å². The Balaban J connectivity index is 1.38. The molecule has 1 aromatic carbocycles. The van der Waals surface area contributed by atoms with Crippen molar-refractivity contribution in [1.29, 1.82) is 0 Å². The van der Waals surface area contributed by atoms with Crippen LogP contribution in [0.3, 0.4) is 0 Å². The van der Waals surface area contributed by atoms with Gasteiger partial charge in [0.2, 0.25) is 5.91 Å². The molecule has 2 aliphatic heterocycles. The van der Waals surface area contributed by atoms with Gasteiger partial charge in [-0.2, -0.15) is 0 Å². The van der Waals surface area contributed by atoms with Gasteiger partial charge >= 0.3 is 0 Å². The van der Waals surface area contributed by atoms with E-state index in [-0.39, 0.29) is 23.7 Å². The topological polar surface area (TPSA) is 72.5 Å². The number of aliphatic hydroxyl groups excluding tert-OH is 1. The highest BCUT2D eigenvalue weighted by Gasteiger charge is 2.34. The lowest BCUT2D eigenvalue weighted by Gasteiger charge is -2.38. The van der Waals surface area contributed by atoms with Gasteiger partial charge in [-0.1, -0.05) is 6.08 Å². The Bertz CT molecular complexity index is 1270. The van der Waals surface area contributed by atoms with Crippen molar-refractivity contribution in [2.24, 2.45) is 5.92 Å². The lowest BCUT2D eigenvalue weighted by molar-refractivity contribution is -0.145. The molecule has 2 aromatic heterocycles. The maximum atomic E-state index is 14.1. The standard InChI is InChI=1S/C25H25FN4O2/c1-29-13-20-22-18(19-10-16(26)6-7-21(19)29)8-9-27-24(22)28-23(20)14-2-4-15(5-3-14)25(32)30-11-17(31)12-30/h2,6-10,15,17,31H,3-5,11-13H2,1H3,(H,27,28).